The van der Waals surface area contributed by atoms with E-state index >= 15 is 0 Å². The molecular formula is C12H20O3. The predicted octanol–water partition coefficient (Wildman–Crippen LogP) is 2.07. The first-order valence-corrected chi connectivity index (χ1v) is 4.98. The maximum absolute atomic E-state index is 11.6. The molecule has 3 nitrogen and oxygen atoms in total. The zero-order chi connectivity index (χ0) is 12.1. The van der Waals surface area contributed by atoms with Crippen LogP contribution in [0.4, 0.5) is 0 Å². The second-order valence-electron chi connectivity index (χ2n) is 4.31. The van der Waals surface area contributed by atoms with Gasteiger partial charge in [-0.1, -0.05) is 18.2 Å². The number of esters is 1. The van der Waals surface area contributed by atoms with Crippen molar-refractivity contribution in [1.82, 2.24) is 0 Å². The van der Waals surface area contributed by atoms with Crippen molar-refractivity contribution >= 4 is 5.97 Å². The third-order valence-corrected chi connectivity index (χ3v) is 1.69. The Balaban J connectivity index is 4.55. The van der Waals surface area contributed by atoms with Crippen LogP contribution in [0.25, 0.3) is 0 Å². The molecule has 15 heavy (non-hydrogen) atoms. The van der Waals surface area contributed by atoms with Crippen molar-refractivity contribution in [2.75, 3.05) is 0 Å². The average Bonchev–Trinajstić information content (AvgIpc) is 2.02. The number of carbonyl (C=O) groups excluding carboxylic acids is 1. The van der Waals surface area contributed by atoms with Crippen molar-refractivity contribution in [3.05, 3.63) is 24.8 Å². The summed E-state index contributed by atoms with van der Waals surface area (Å²) in [6.07, 6.45) is 3.75. The van der Waals surface area contributed by atoms with Crippen LogP contribution in [0.3, 0.4) is 0 Å². The Morgan fingerprint density at radius 2 is 2.00 bits per heavy atom. The normalized spacial score (nSPS) is 16.1. The molecular weight excluding hydrogens is 192 g/mol. The summed E-state index contributed by atoms with van der Waals surface area (Å²) in [6.45, 7) is 10.7. The van der Waals surface area contributed by atoms with Gasteiger partial charge in [-0.2, -0.15) is 0 Å². The standard InChI is InChI=1S/C12H20O3/c1-6-8-10(13)9(7-2)11(14)15-12(3,4)5/h6-10,13H,2H2,1,3-5H3. The number of rotatable bonds is 4. The van der Waals surface area contributed by atoms with E-state index in [1.807, 2.05) is 0 Å². The highest BCUT2D eigenvalue weighted by Gasteiger charge is 2.27. The fourth-order valence-corrected chi connectivity index (χ4v) is 1.06. The van der Waals surface area contributed by atoms with Gasteiger partial charge < -0.3 is 9.84 Å². The summed E-state index contributed by atoms with van der Waals surface area (Å²) >= 11 is 0. The van der Waals surface area contributed by atoms with Gasteiger partial charge in [-0.05, 0) is 27.7 Å². The van der Waals surface area contributed by atoms with Crippen molar-refractivity contribution in [1.29, 1.82) is 0 Å². The van der Waals surface area contributed by atoms with E-state index in [1.54, 1.807) is 33.8 Å². The SMILES string of the molecule is C=CC(C(=O)OC(C)(C)C)C(O)C=CC. The fourth-order valence-electron chi connectivity index (χ4n) is 1.06. The molecule has 0 saturated heterocycles. The van der Waals surface area contributed by atoms with Gasteiger partial charge in [-0.25, -0.2) is 0 Å². The molecule has 0 fully saturated rings. The van der Waals surface area contributed by atoms with Gasteiger partial charge in [0.15, 0.2) is 0 Å². The van der Waals surface area contributed by atoms with E-state index < -0.39 is 23.6 Å². The number of carbonyl (C=O) groups is 1. The molecule has 0 bridgehead atoms. The van der Waals surface area contributed by atoms with Crippen molar-refractivity contribution in [3.63, 3.8) is 0 Å². The molecule has 0 aliphatic carbocycles. The Morgan fingerprint density at radius 3 is 2.33 bits per heavy atom. The van der Waals surface area contributed by atoms with Crippen LogP contribution >= 0.6 is 0 Å². The number of aliphatic hydroxyl groups is 1. The molecule has 2 atom stereocenters. The van der Waals surface area contributed by atoms with Crippen LogP contribution in [0, 0.1) is 5.92 Å². The first-order valence-electron chi connectivity index (χ1n) is 4.98. The van der Waals surface area contributed by atoms with Crippen LogP contribution in [0.2, 0.25) is 0 Å². The molecule has 0 amide bonds. The summed E-state index contributed by atoms with van der Waals surface area (Å²) in [5, 5.41) is 9.62. The minimum absolute atomic E-state index is 0.455. The largest absolute Gasteiger partial charge is 0.459 e. The molecule has 2 unspecified atom stereocenters. The van der Waals surface area contributed by atoms with Crippen LogP contribution in [0.1, 0.15) is 27.7 Å². The number of hydrogen-bond donors (Lipinski definition) is 1. The number of hydrogen-bond acceptors (Lipinski definition) is 3. The van der Waals surface area contributed by atoms with E-state index in [0.29, 0.717) is 0 Å². The van der Waals surface area contributed by atoms with Crippen LogP contribution in [0.5, 0.6) is 0 Å². The molecule has 86 valence electrons. The number of ether oxygens (including phenoxy) is 1. The highest BCUT2D eigenvalue weighted by atomic mass is 16.6. The van der Waals surface area contributed by atoms with Gasteiger partial charge >= 0.3 is 5.97 Å². The summed E-state index contributed by atoms with van der Waals surface area (Å²) in [6, 6.07) is 0. The fraction of sp³-hybridized carbons (Fsp3) is 0.583. The minimum Gasteiger partial charge on any atom is -0.459 e. The lowest BCUT2D eigenvalue weighted by Crippen LogP contribution is -2.33. The molecule has 3 heteroatoms. The highest BCUT2D eigenvalue weighted by molar-refractivity contribution is 5.75. The van der Waals surface area contributed by atoms with Gasteiger partial charge in [0.2, 0.25) is 0 Å². The molecule has 0 aromatic rings. The first-order chi connectivity index (χ1) is 6.81. The van der Waals surface area contributed by atoms with Gasteiger partial charge in [0.25, 0.3) is 0 Å². The Hall–Kier alpha value is -1.09. The lowest BCUT2D eigenvalue weighted by molar-refractivity contribution is -0.160. The topological polar surface area (TPSA) is 46.5 Å². The zero-order valence-electron chi connectivity index (χ0n) is 9.86. The molecule has 0 saturated carbocycles. The Bertz CT molecular complexity index is 248. The zero-order valence-corrected chi connectivity index (χ0v) is 9.86. The molecule has 0 aliphatic rings. The van der Waals surface area contributed by atoms with Crippen molar-refractivity contribution in [2.45, 2.75) is 39.4 Å². The first kappa shape index (κ1) is 13.9. The van der Waals surface area contributed by atoms with Gasteiger partial charge in [-0.3, -0.25) is 4.79 Å². The molecule has 0 aliphatic heterocycles. The summed E-state index contributed by atoms with van der Waals surface area (Å²) in [5.74, 6) is -1.16. The highest BCUT2D eigenvalue weighted by Crippen LogP contribution is 2.15. The lowest BCUT2D eigenvalue weighted by atomic mass is 10.0. The maximum Gasteiger partial charge on any atom is 0.316 e. The molecule has 0 heterocycles. The van der Waals surface area contributed by atoms with Gasteiger partial charge in [-0.15, -0.1) is 6.58 Å². The van der Waals surface area contributed by atoms with Crippen molar-refractivity contribution in [2.24, 2.45) is 5.92 Å². The quantitative estimate of drug-likeness (QED) is 0.573. The molecule has 1 N–H and O–H groups in total. The van der Waals surface area contributed by atoms with Crippen LogP contribution < -0.4 is 0 Å². The second-order valence-corrected chi connectivity index (χ2v) is 4.31. The molecule has 0 spiro atoms. The molecule has 0 radical (unpaired) electrons. The monoisotopic (exact) mass is 212 g/mol. The second kappa shape index (κ2) is 5.71. The number of allylic oxidation sites excluding steroid dienone is 1. The van der Waals surface area contributed by atoms with Gasteiger partial charge in [0.1, 0.15) is 11.5 Å². The van der Waals surface area contributed by atoms with E-state index in [1.165, 1.54) is 12.2 Å². The maximum atomic E-state index is 11.6. The van der Waals surface area contributed by atoms with Crippen LogP contribution in [-0.2, 0) is 9.53 Å². The Morgan fingerprint density at radius 1 is 1.47 bits per heavy atom. The summed E-state index contributed by atoms with van der Waals surface area (Å²) in [7, 11) is 0. The third kappa shape index (κ3) is 5.37. The van der Waals surface area contributed by atoms with Crippen LogP contribution in [0.15, 0.2) is 24.8 Å². The van der Waals surface area contributed by atoms with Crippen LogP contribution in [-0.4, -0.2) is 22.8 Å². The smallest absolute Gasteiger partial charge is 0.316 e. The Labute approximate surface area is 91.4 Å². The van der Waals surface area contributed by atoms with E-state index in [9.17, 15) is 9.90 Å². The average molecular weight is 212 g/mol. The molecule has 0 aromatic carbocycles. The summed E-state index contributed by atoms with van der Waals surface area (Å²) in [5.41, 5.74) is -0.548. The van der Waals surface area contributed by atoms with E-state index in [0.717, 1.165) is 0 Å². The molecule has 0 aromatic heterocycles. The van der Waals surface area contributed by atoms with E-state index in [2.05, 4.69) is 6.58 Å². The van der Waals surface area contributed by atoms with Gasteiger partial charge in [0, 0.05) is 0 Å². The summed E-state index contributed by atoms with van der Waals surface area (Å²) < 4.78 is 5.15. The third-order valence-electron chi connectivity index (χ3n) is 1.69. The molecule has 0 rings (SSSR count). The van der Waals surface area contributed by atoms with Crippen molar-refractivity contribution in [3.8, 4) is 0 Å². The summed E-state index contributed by atoms with van der Waals surface area (Å²) in [4.78, 5) is 11.6. The number of aliphatic hydroxyl groups excluding tert-OH is 1. The van der Waals surface area contributed by atoms with Gasteiger partial charge in [0.05, 0.1) is 6.10 Å². The predicted molar refractivity (Wildman–Crippen MR) is 60.4 cm³/mol. The van der Waals surface area contributed by atoms with Crippen molar-refractivity contribution < 1.29 is 14.6 Å². The van der Waals surface area contributed by atoms with E-state index in [4.69, 9.17) is 4.74 Å². The lowest BCUT2D eigenvalue weighted by Gasteiger charge is -2.23. The van der Waals surface area contributed by atoms with E-state index in [-0.39, 0.29) is 0 Å². The minimum atomic E-state index is -0.873. The Kier molecular flexibility index (Phi) is 5.29.